The van der Waals surface area contributed by atoms with Crippen LogP contribution in [0.25, 0.3) is 0 Å². The summed E-state index contributed by atoms with van der Waals surface area (Å²) >= 11 is 0. The number of hydrogen-bond donors (Lipinski definition) is 0. The molecule has 3 heterocycles. The van der Waals surface area contributed by atoms with Crippen molar-refractivity contribution in [3.8, 4) is 0 Å². The maximum absolute atomic E-state index is 12.6. The predicted molar refractivity (Wildman–Crippen MR) is 186 cm³/mol. The molecule has 0 spiro atoms. The van der Waals surface area contributed by atoms with Crippen LogP contribution in [0, 0.1) is 0 Å². The number of hydrogen-bond acceptors (Lipinski definition) is 12. The molecule has 0 N–H and O–H groups in total. The van der Waals surface area contributed by atoms with E-state index in [1.54, 1.807) is 0 Å². The van der Waals surface area contributed by atoms with Crippen molar-refractivity contribution in [3.05, 3.63) is 0 Å². The Kier molecular flexibility index (Phi) is 20.9. The van der Waals surface area contributed by atoms with Gasteiger partial charge in [-0.3, -0.25) is 14.4 Å². The average molecular weight is 699 g/mol. The van der Waals surface area contributed by atoms with E-state index in [0.717, 1.165) is 73.5 Å². The summed E-state index contributed by atoms with van der Waals surface area (Å²) in [6, 6.07) is 0. The van der Waals surface area contributed by atoms with Gasteiger partial charge < -0.3 is 14.2 Å². The standard InChI is InChI=1S/C30H50O6S6/c31-28(13-4-1-10-25-16-20-37-40-25)34-19-8-7-9-24(36-30(33)15-6-3-12-27-18-22-39-42-27)23-35-29(32)14-5-2-11-26-17-21-38-41-26/h24-27H,1-23H2. The summed E-state index contributed by atoms with van der Waals surface area (Å²) in [7, 11) is 11.8. The normalized spacial score (nSPS) is 22.7. The van der Waals surface area contributed by atoms with Gasteiger partial charge in [0.15, 0.2) is 0 Å². The van der Waals surface area contributed by atoms with Crippen LogP contribution < -0.4 is 0 Å². The molecule has 0 aromatic heterocycles. The summed E-state index contributed by atoms with van der Waals surface area (Å²) in [6.07, 6.45) is 15.9. The fourth-order valence-electron chi connectivity index (χ4n) is 5.03. The first-order valence-electron chi connectivity index (χ1n) is 15.9. The largest absolute Gasteiger partial charge is 0.466 e. The van der Waals surface area contributed by atoms with E-state index in [-0.39, 0.29) is 24.5 Å². The highest BCUT2D eigenvalue weighted by Gasteiger charge is 2.20. The van der Waals surface area contributed by atoms with Crippen LogP contribution in [0.1, 0.15) is 116 Å². The highest BCUT2D eigenvalue weighted by Crippen LogP contribution is 2.41. The van der Waals surface area contributed by atoms with Gasteiger partial charge in [0.05, 0.1) is 6.61 Å². The topological polar surface area (TPSA) is 78.9 Å². The minimum absolute atomic E-state index is 0.104. The fraction of sp³-hybridized carbons (Fsp3) is 0.900. The zero-order chi connectivity index (χ0) is 29.7. The summed E-state index contributed by atoms with van der Waals surface area (Å²) in [6.45, 7) is 0.483. The number of carbonyl (C=O) groups is 3. The summed E-state index contributed by atoms with van der Waals surface area (Å²) in [5, 5.41) is 2.20. The van der Waals surface area contributed by atoms with Gasteiger partial charge in [-0.2, -0.15) is 0 Å². The van der Waals surface area contributed by atoms with Crippen LogP contribution in [-0.2, 0) is 28.6 Å². The molecule has 0 radical (unpaired) electrons. The third-order valence-corrected chi connectivity index (χ3v) is 16.6. The van der Waals surface area contributed by atoms with Gasteiger partial charge in [-0.25, -0.2) is 0 Å². The Balaban J connectivity index is 1.26. The van der Waals surface area contributed by atoms with Crippen molar-refractivity contribution in [2.24, 2.45) is 0 Å². The Morgan fingerprint density at radius 3 is 1.52 bits per heavy atom. The smallest absolute Gasteiger partial charge is 0.306 e. The van der Waals surface area contributed by atoms with Crippen LogP contribution in [-0.4, -0.2) is 70.2 Å². The predicted octanol–water partition coefficient (Wildman–Crippen LogP) is 9.30. The maximum atomic E-state index is 12.6. The first-order chi connectivity index (χ1) is 20.6. The van der Waals surface area contributed by atoms with Crippen molar-refractivity contribution < 1.29 is 28.6 Å². The van der Waals surface area contributed by atoms with Gasteiger partial charge in [-0.1, -0.05) is 84.0 Å². The molecule has 0 saturated carbocycles. The molecule has 0 bridgehead atoms. The molecule has 3 fully saturated rings. The number of carbonyl (C=O) groups excluding carboxylic acids is 3. The highest BCUT2D eigenvalue weighted by molar-refractivity contribution is 8.78. The lowest BCUT2D eigenvalue weighted by molar-refractivity contribution is -0.159. The van der Waals surface area contributed by atoms with E-state index in [1.165, 1.54) is 42.9 Å². The van der Waals surface area contributed by atoms with Crippen molar-refractivity contribution in [3.63, 3.8) is 0 Å². The van der Waals surface area contributed by atoms with Gasteiger partial charge in [0, 0.05) is 52.3 Å². The van der Waals surface area contributed by atoms with Crippen LogP contribution in [0.3, 0.4) is 0 Å². The van der Waals surface area contributed by atoms with Crippen molar-refractivity contribution >= 4 is 82.7 Å². The Labute approximate surface area is 277 Å². The Hall–Kier alpha value is 0.510. The average Bonchev–Trinajstić information content (AvgIpc) is 3.79. The van der Waals surface area contributed by atoms with Crippen molar-refractivity contribution in [2.45, 2.75) is 137 Å². The molecule has 3 aliphatic heterocycles. The van der Waals surface area contributed by atoms with E-state index >= 15 is 0 Å². The monoisotopic (exact) mass is 698 g/mol. The van der Waals surface area contributed by atoms with Crippen molar-refractivity contribution in [1.82, 2.24) is 0 Å². The minimum atomic E-state index is -0.447. The molecule has 4 unspecified atom stereocenters. The van der Waals surface area contributed by atoms with Gasteiger partial charge in [0.2, 0.25) is 0 Å². The molecule has 6 nitrogen and oxygen atoms in total. The van der Waals surface area contributed by atoms with E-state index < -0.39 is 6.10 Å². The lowest BCUT2D eigenvalue weighted by Gasteiger charge is -2.18. The second kappa shape index (κ2) is 23.8. The second-order valence-electron chi connectivity index (χ2n) is 11.2. The lowest BCUT2D eigenvalue weighted by Crippen LogP contribution is -2.25. The molecule has 4 atom stereocenters. The number of esters is 3. The van der Waals surface area contributed by atoms with Crippen LogP contribution in [0.4, 0.5) is 0 Å². The lowest BCUT2D eigenvalue weighted by atomic mass is 10.1. The molecule has 242 valence electrons. The molecule has 3 saturated heterocycles. The zero-order valence-corrected chi connectivity index (χ0v) is 29.9. The second-order valence-corrected chi connectivity index (χ2v) is 19.6. The highest BCUT2D eigenvalue weighted by atomic mass is 33.1. The summed E-state index contributed by atoms with van der Waals surface area (Å²) in [5.74, 6) is 3.17. The van der Waals surface area contributed by atoms with Crippen LogP contribution in [0.2, 0.25) is 0 Å². The van der Waals surface area contributed by atoms with Crippen LogP contribution >= 0.6 is 64.8 Å². The number of unbranched alkanes of at least 4 members (excludes halogenated alkanes) is 4. The molecule has 12 heteroatoms. The van der Waals surface area contributed by atoms with Gasteiger partial charge in [0.25, 0.3) is 0 Å². The maximum Gasteiger partial charge on any atom is 0.306 e. The molecule has 3 rings (SSSR count). The molecule has 3 aliphatic rings. The molecule has 42 heavy (non-hydrogen) atoms. The van der Waals surface area contributed by atoms with Gasteiger partial charge in [-0.15, -0.1) is 0 Å². The molecule has 0 aromatic carbocycles. The SMILES string of the molecule is O=C(CCCCC1CCSS1)OCCCCC(COC(=O)CCCCC1CCSS1)OC(=O)CCCCC1CCSS1. The van der Waals surface area contributed by atoms with E-state index in [0.29, 0.717) is 38.7 Å². The summed E-state index contributed by atoms with van der Waals surface area (Å²) in [5.41, 5.74) is 0. The Morgan fingerprint density at radius 1 is 0.571 bits per heavy atom. The van der Waals surface area contributed by atoms with E-state index in [1.807, 2.05) is 64.8 Å². The molecular weight excluding hydrogens is 649 g/mol. The van der Waals surface area contributed by atoms with Crippen LogP contribution in [0.15, 0.2) is 0 Å². The summed E-state index contributed by atoms with van der Waals surface area (Å²) in [4.78, 5) is 37.0. The fourth-order valence-corrected chi connectivity index (χ4v) is 14.1. The third kappa shape index (κ3) is 17.9. The first-order valence-corrected chi connectivity index (χ1v) is 23.1. The molecule has 0 aromatic rings. The minimum Gasteiger partial charge on any atom is -0.466 e. The Bertz CT molecular complexity index is 757. The van der Waals surface area contributed by atoms with Gasteiger partial charge >= 0.3 is 17.9 Å². The molecule has 0 aliphatic carbocycles. The van der Waals surface area contributed by atoms with E-state index in [2.05, 4.69) is 0 Å². The third-order valence-electron chi connectivity index (χ3n) is 7.56. The van der Waals surface area contributed by atoms with Crippen LogP contribution in [0.5, 0.6) is 0 Å². The van der Waals surface area contributed by atoms with Gasteiger partial charge in [-0.05, 0) is 77.0 Å². The summed E-state index contributed by atoms with van der Waals surface area (Å²) < 4.78 is 16.7. The van der Waals surface area contributed by atoms with Gasteiger partial charge in [0.1, 0.15) is 12.7 Å². The zero-order valence-electron chi connectivity index (χ0n) is 25.0. The number of rotatable bonds is 23. The van der Waals surface area contributed by atoms with Crippen molar-refractivity contribution in [2.75, 3.05) is 30.5 Å². The van der Waals surface area contributed by atoms with E-state index in [4.69, 9.17) is 14.2 Å². The molecular formula is C30H50O6S6. The van der Waals surface area contributed by atoms with E-state index in [9.17, 15) is 14.4 Å². The number of ether oxygens (including phenoxy) is 3. The first kappa shape index (κ1) is 37.0. The Morgan fingerprint density at radius 2 is 1.05 bits per heavy atom. The molecule has 0 amide bonds. The quantitative estimate of drug-likeness (QED) is 0.0442. The van der Waals surface area contributed by atoms with Crippen molar-refractivity contribution in [1.29, 1.82) is 0 Å².